The maximum Gasteiger partial charge on any atom is 0.176 e. The highest BCUT2D eigenvalue weighted by Crippen LogP contribution is 2.20. The van der Waals surface area contributed by atoms with E-state index in [1.165, 1.54) is 11.3 Å². The molecule has 2 nitrogen and oxygen atoms in total. The Balaban J connectivity index is 2.52. The lowest BCUT2D eigenvalue weighted by atomic mass is 10.5. The minimum Gasteiger partial charge on any atom is -0.319 e. The predicted molar refractivity (Wildman–Crippen MR) is 41.8 cm³/mol. The largest absolute Gasteiger partial charge is 0.319 e. The predicted octanol–water partition coefficient (Wildman–Crippen LogP) is 1.97. The van der Waals surface area contributed by atoms with Crippen molar-refractivity contribution in [2.45, 2.75) is 6.54 Å². The van der Waals surface area contributed by atoms with Crippen LogP contribution in [0.4, 0.5) is 0 Å². The first kappa shape index (κ1) is 7.39. The fraction of sp³-hybridized carbons (Fsp3) is 0.167. The van der Waals surface area contributed by atoms with Crippen LogP contribution in [0.15, 0.2) is 12.1 Å². The minimum absolute atomic E-state index is 0.577. The average Bonchev–Trinajstić information content (AvgIpc) is 2.31. The van der Waals surface area contributed by atoms with Crippen molar-refractivity contribution in [2.24, 2.45) is 0 Å². The van der Waals surface area contributed by atoms with Gasteiger partial charge in [0.05, 0.1) is 10.9 Å². The van der Waals surface area contributed by atoms with Crippen molar-refractivity contribution in [3.05, 3.63) is 21.3 Å². The van der Waals surface area contributed by atoms with Crippen molar-refractivity contribution >= 4 is 22.9 Å². The number of nitrogens with zero attached hydrogens (tertiary/aromatic N) is 1. The van der Waals surface area contributed by atoms with E-state index in [1.54, 1.807) is 0 Å². The third kappa shape index (κ3) is 1.90. The van der Waals surface area contributed by atoms with Crippen LogP contribution in [-0.2, 0) is 6.54 Å². The highest BCUT2D eigenvalue weighted by molar-refractivity contribution is 7.16. The quantitative estimate of drug-likeness (QED) is 0.547. The second-order valence-electron chi connectivity index (χ2n) is 1.67. The summed E-state index contributed by atoms with van der Waals surface area (Å²) in [6.07, 6.45) is 1.84. The molecule has 0 fully saturated rings. The van der Waals surface area contributed by atoms with Gasteiger partial charge in [-0.25, -0.2) is 0 Å². The van der Waals surface area contributed by atoms with E-state index in [2.05, 4.69) is 5.32 Å². The molecule has 0 spiro atoms. The van der Waals surface area contributed by atoms with E-state index < -0.39 is 0 Å². The lowest BCUT2D eigenvalue weighted by Crippen LogP contribution is -2.01. The lowest BCUT2D eigenvalue weighted by molar-refractivity contribution is 0.901. The number of nitrogens with one attached hydrogen (secondary N) is 1. The highest BCUT2D eigenvalue weighted by Gasteiger charge is 1.94. The normalized spacial score (nSPS) is 8.80. The molecule has 10 heavy (non-hydrogen) atoms. The van der Waals surface area contributed by atoms with Crippen LogP contribution < -0.4 is 5.32 Å². The Morgan fingerprint density at radius 3 is 3.00 bits per heavy atom. The van der Waals surface area contributed by atoms with Crippen LogP contribution in [0.3, 0.4) is 0 Å². The van der Waals surface area contributed by atoms with E-state index in [4.69, 9.17) is 16.9 Å². The molecule has 0 amide bonds. The Morgan fingerprint density at radius 1 is 1.70 bits per heavy atom. The summed E-state index contributed by atoms with van der Waals surface area (Å²) < 4.78 is 0.759. The number of nitriles is 1. The van der Waals surface area contributed by atoms with Gasteiger partial charge in [-0.05, 0) is 12.1 Å². The molecule has 0 aliphatic carbocycles. The van der Waals surface area contributed by atoms with Crippen LogP contribution in [0.1, 0.15) is 4.88 Å². The molecule has 0 aliphatic rings. The smallest absolute Gasteiger partial charge is 0.176 e. The van der Waals surface area contributed by atoms with E-state index in [-0.39, 0.29) is 0 Å². The molecular weight excluding hydrogens is 168 g/mol. The Labute approximate surface area is 68.0 Å². The van der Waals surface area contributed by atoms with Crippen LogP contribution in [0, 0.1) is 11.5 Å². The molecule has 0 aliphatic heterocycles. The molecule has 0 radical (unpaired) electrons. The summed E-state index contributed by atoms with van der Waals surface area (Å²) >= 11 is 7.13. The molecule has 1 N–H and O–H groups in total. The zero-order valence-electron chi connectivity index (χ0n) is 5.10. The zero-order chi connectivity index (χ0) is 7.40. The van der Waals surface area contributed by atoms with Crippen molar-refractivity contribution in [2.75, 3.05) is 0 Å². The maximum absolute atomic E-state index is 8.14. The molecular formula is C6H5ClN2S. The number of rotatable bonds is 2. The van der Waals surface area contributed by atoms with Crippen molar-refractivity contribution in [1.29, 1.82) is 5.26 Å². The van der Waals surface area contributed by atoms with Crippen molar-refractivity contribution in [3.63, 3.8) is 0 Å². The third-order valence-corrected chi connectivity index (χ3v) is 2.20. The van der Waals surface area contributed by atoms with E-state index >= 15 is 0 Å². The first-order valence-electron chi connectivity index (χ1n) is 2.69. The Morgan fingerprint density at radius 2 is 2.50 bits per heavy atom. The van der Waals surface area contributed by atoms with Crippen LogP contribution in [0.2, 0.25) is 4.34 Å². The maximum atomic E-state index is 8.14. The summed E-state index contributed by atoms with van der Waals surface area (Å²) in [6.45, 7) is 0.577. The first-order valence-corrected chi connectivity index (χ1v) is 3.88. The van der Waals surface area contributed by atoms with Crippen LogP contribution in [-0.4, -0.2) is 0 Å². The summed E-state index contributed by atoms with van der Waals surface area (Å²) in [5, 5.41) is 10.7. The van der Waals surface area contributed by atoms with Gasteiger partial charge >= 0.3 is 0 Å². The number of thiophene rings is 1. The Bertz CT molecular complexity index is 250. The average molecular weight is 173 g/mol. The molecule has 0 saturated carbocycles. The van der Waals surface area contributed by atoms with Crippen molar-refractivity contribution in [3.8, 4) is 6.19 Å². The van der Waals surface area contributed by atoms with E-state index in [1.807, 2.05) is 18.3 Å². The molecule has 1 aromatic rings. The fourth-order valence-corrected chi connectivity index (χ4v) is 1.60. The second-order valence-corrected chi connectivity index (χ2v) is 3.47. The standard InChI is InChI=1S/C6H5ClN2S/c7-6-2-1-5(10-6)3-9-4-8/h1-2,9H,3H2. The van der Waals surface area contributed by atoms with Crippen LogP contribution in [0.25, 0.3) is 0 Å². The van der Waals surface area contributed by atoms with Gasteiger partial charge in [0.25, 0.3) is 0 Å². The highest BCUT2D eigenvalue weighted by atomic mass is 35.5. The van der Waals surface area contributed by atoms with E-state index in [0.29, 0.717) is 6.54 Å². The Kier molecular flexibility index (Phi) is 2.55. The topological polar surface area (TPSA) is 35.8 Å². The molecule has 0 unspecified atom stereocenters. The molecule has 0 aromatic carbocycles. The molecule has 52 valence electrons. The number of halogens is 1. The molecule has 1 heterocycles. The van der Waals surface area contributed by atoms with Gasteiger partial charge in [0.2, 0.25) is 0 Å². The van der Waals surface area contributed by atoms with Crippen LogP contribution in [0.5, 0.6) is 0 Å². The minimum atomic E-state index is 0.577. The van der Waals surface area contributed by atoms with E-state index in [9.17, 15) is 0 Å². The zero-order valence-corrected chi connectivity index (χ0v) is 6.67. The van der Waals surface area contributed by atoms with Gasteiger partial charge in [-0.15, -0.1) is 11.3 Å². The summed E-state index contributed by atoms with van der Waals surface area (Å²) in [4.78, 5) is 1.08. The summed E-state index contributed by atoms with van der Waals surface area (Å²) in [6, 6.07) is 3.72. The molecule has 0 atom stereocenters. The van der Waals surface area contributed by atoms with Gasteiger partial charge in [-0.2, -0.15) is 5.26 Å². The van der Waals surface area contributed by atoms with E-state index in [0.717, 1.165) is 9.21 Å². The SMILES string of the molecule is N#CNCc1ccc(Cl)s1. The molecule has 1 rings (SSSR count). The molecule has 1 aromatic heterocycles. The van der Waals surface area contributed by atoms with Crippen molar-refractivity contribution < 1.29 is 0 Å². The van der Waals surface area contributed by atoms with Crippen molar-refractivity contribution in [1.82, 2.24) is 5.32 Å². The monoisotopic (exact) mass is 172 g/mol. The fourth-order valence-electron chi connectivity index (χ4n) is 0.573. The summed E-state index contributed by atoms with van der Waals surface area (Å²) in [7, 11) is 0. The summed E-state index contributed by atoms with van der Waals surface area (Å²) in [5.74, 6) is 0. The van der Waals surface area contributed by atoms with Gasteiger partial charge in [-0.3, -0.25) is 0 Å². The van der Waals surface area contributed by atoms with Gasteiger partial charge in [-0.1, -0.05) is 11.6 Å². The van der Waals surface area contributed by atoms with Gasteiger partial charge in [0, 0.05) is 4.88 Å². The molecule has 0 bridgehead atoms. The van der Waals surface area contributed by atoms with Gasteiger partial charge in [0.15, 0.2) is 6.19 Å². The van der Waals surface area contributed by atoms with Gasteiger partial charge in [0.1, 0.15) is 0 Å². The molecule has 0 saturated heterocycles. The van der Waals surface area contributed by atoms with Gasteiger partial charge < -0.3 is 5.32 Å². The second kappa shape index (κ2) is 3.45. The van der Waals surface area contributed by atoms with Crippen LogP contribution >= 0.6 is 22.9 Å². The Hall–Kier alpha value is -0.720. The lowest BCUT2D eigenvalue weighted by Gasteiger charge is -1.88. The number of hydrogen-bond acceptors (Lipinski definition) is 3. The molecule has 4 heteroatoms. The number of hydrogen-bond donors (Lipinski definition) is 1. The first-order chi connectivity index (χ1) is 4.83. The third-order valence-electron chi connectivity index (χ3n) is 0.971. The summed E-state index contributed by atoms with van der Waals surface area (Å²) in [5.41, 5.74) is 0.